The van der Waals surface area contributed by atoms with Crippen LogP contribution in [0.2, 0.25) is 0 Å². The number of carbonyl (C=O) groups is 2. The molecule has 0 bridgehead atoms. The largest absolute Gasteiger partial charge is 0.381 e. The van der Waals surface area contributed by atoms with Gasteiger partial charge in [-0.2, -0.15) is 0 Å². The summed E-state index contributed by atoms with van der Waals surface area (Å²) >= 11 is 0. The summed E-state index contributed by atoms with van der Waals surface area (Å²) in [5.74, 6) is 0.319. The molecule has 1 aromatic rings. The number of urea groups is 1. The van der Waals surface area contributed by atoms with Gasteiger partial charge < -0.3 is 20.3 Å². The molecule has 2 N–H and O–H groups in total. The Morgan fingerprint density at radius 2 is 2.04 bits per heavy atom. The van der Waals surface area contributed by atoms with E-state index in [1.807, 2.05) is 6.07 Å². The first-order valence-corrected chi connectivity index (χ1v) is 10.3. The number of ether oxygens (including phenoxy) is 1. The maximum Gasteiger partial charge on any atom is 0.317 e. The van der Waals surface area contributed by atoms with Gasteiger partial charge in [0.15, 0.2) is 0 Å². The molecule has 0 saturated carbocycles. The first-order valence-electron chi connectivity index (χ1n) is 10.3. The molecule has 0 radical (unpaired) electrons. The smallest absolute Gasteiger partial charge is 0.317 e. The van der Waals surface area contributed by atoms with Gasteiger partial charge in [0.1, 0.15) is 6.54 Å². The molecular weight excluding hydrogens is 356 g/mol. The normalized spacial score (nSPS) is 24.9. The Kier molecular flexibility index (Phi) is 5.82. The molecule has 3 aliphatic rings. The van der Waals surface area contributed by atoms with E-state index in [0.29, 0.717) is 25.6 Å². The third-order valence-corrected chi connectivity index (χ3v) is 6.45. The number of carbonyl (C=O) groups excluding carboxylic acids is 2. The fourth-order valence-electron chi connectivity index (χ4n) is 4.87. The number of rotatable bonds is 4. The van der Waals surface area contributed by atoms with Gasteiger partial charge in [0.25, 0.3) is 0 Å². The lowest BCUT2D eigenvalue weighted by molar-refractivity contribution is -0.123. The van der Waals surface area contributed by atoms with Crippen LogP contribution in [0.3, 0.4) is 0 Å². The van der Waals surface area contributed by atoms with Crippen LogP contribution >= 0.6 is 0 Å². The van der Waals surface area contributed by atoms with Gasteiger partial charge in [-0.3, -0.25) is 9.69 Å². The van der Waals surface area contributed by atoms with Gasteiger partial charge in [-0.15, -0.1) is 0 Å². The number of piperazine rings is 1. The van der Waals surface area contributed by atoms with Crippen LogP contribution in [-0.2, 0) is 16.1 Å². The standard InChI is InChI=1S/C21H30N4O3/c26-19-15-25(9-8-22-19)20(27)23-12-18-14-24(13-17-4-2-1-3-5-17)16-21(18)6-10-28-11-7-21/h1-5,18H,6-16H2,(H,22,26)(H,23,27). The summed E-state index contributed by atoms with van der Waals surface area (Å²) in [5.41, 5.74) is 1.54. The Morgan fingerprint density at radius 3 is 2.79 bits per heavy atom. The van der Waals surface area contributed by atoms with Crippen LogP contribution in [0.15, 0.2) is 30.3 Å². The van der Waals surface area contributed by atoms with E-state index in [0.717, 1.165) is 45.7 Å². The van der Waals surface area contributed by atoms with Crippen molar-refractivity contribution in [2.24, 2.45) is 11.3 Å². The molecule has 0 aliphatic carbocycles. The van der Waals surface area contributed by atoms with E-state index >= 15 is 0 Å². The number of nitrogens with zero attached hydrogens (tertiary/aromatic N) is 2. The summed E-state index contributed by atoms with van der Waals surface area (Å²) < 4.78 is 5.63. The van der Waals surface area contributed by atoms with Gasteiger partial charge in [0.2, 0.25) is 5.91 Å². The topological polar surface area (TPSA) is 73.9 Å². The third-order valence-electron chi connectivity index (χ3n) is 6.45. The summed E-state index contributed by atoms with van der Waals surface area (Å²) in [6, 6.07) is 10.4. The number of hydrogen-bond acceptors (Lipinski definition) is 4. The van der Waals surface area contributed by atoms with E-state index in [9.17, 15) is 9.59 Å². The van der Waals surface area contributed by atoms with Crippen LogP contribution in [0.1, 0.15) is 18.4 Å². The van der Waals surface area contributed by atoms with E-state index < -0.39 is 0 Å². The zero-order valence-corrected chi connectivity index (χ0v) is 16.4. The van der Waals surface area contributed by atoms with Crippen molar-refractivity contribution in [1.82, 2.24) is 20.4 Å². The molecular formula is C21H30N4O3. The van der Waals surface area contributed by atoms with Crippen LogP contribution in [0.4, 0.5) is 4.79 Å². The second-order valence-corrected chi connectivity index (χ2v) is 8.28. The zero-order valence-electron chi connectivity index (χ0n) is 16.4. The molecule has 1 aromatic carbocycles. The summed E-state index contributed by atoms with van der Waals surface area (Å²) in [6.07, 6.45) is 2.09. The van der Waals surface area contributed by atoms with E-state index in [4.69, 9.17) is 4.74 Å². The van der Waals surface area contributed by atoms with E-state index in [1.165, 1.54) is 5.56 Å². The van der Waals surface area contributed by atoms with Crippen molar-refractivity contribution in [2.75, 3.05) is 52.5 Å². The molecule has 7 heteroatoms. The number of benzene rings is 1. The Labute approximate surface area is 166 Å². The monoisotopic (exact) mass is 386 g/mol. The molecule has 3 saturated heterocycles. The lowest BCUT2D eigenvalue weighted by Gasteiger charge is -2.38. The van der Waals surface area contributed by atoms with Crippen LogP contribution in [0.25, 0.3) is 0 Å². The summed E-state index contributed by atoms with van der Waals surface area (Å²) in [7, 11) is 0. The van der Waals surface area contributed by atoms with Crippen LogP contribution in [0.5, 0.6) is 0 Å². The molecule has 28 heavy (non-hydrogen) atoms. The first kappa shape index (κ1) is 19.2. The van der Waals surface area contributed by atoms with Gasteiger partial charge in [-0.1, -0.05) is 30.3 Å². The van der Waals surface area contributed by atoms with Crippen molar-refractivity contribution in [1.29, 1.82) is 0 Å². The maximum absolute atomic E-state index is 12.5. The average Bonchev–Trinajstić information content (AvgIpc) is 3.03. The van der Waals surface area contributed by atoms with Gasteiger partial charge in [-0.25, -0.2) is 4.79 Å². The Hall–Kier alpha value is -2.12. The molecule has 7 nitrogen and oxygen atoms in total. The maximum atomic E-state index is 12.5. The summed E-state index contributed by atoms with van der Waals surface area (Å²) in [6.45, 7) is 6.49. The summed E-state index contributed by atoms with van der Waals surface area (Å²) in [4.78, 5) is 28.2. The minimum Gasteiger partial charge on any atom is -0.381 e. The minimum absolute atomic E-state index is 0.0859. The third kappa shape index (κ3) is 4.31. The first-order chi connectivity index (χ1) is 13.6. The Bertz CT molecular complexity index is 690. The SMILES string of the molecule is O=C1CN(C(=O)NCC2CN(Cc3ccccc3)CC23CCOCC3)CCN1. The molecule has 4 rings (SSSR count). The highest BCUT2D eigenvalue weighted by molar-refractivity contribution is 5.85. The predicted octanol–water partition coefficient (Wildman–Crippen LogP) is 1.06. The molecule has 3 heterocycles. The number of hydrogen-bond donors (Lipinski definition) is 2. The molecule has 3 aliphatic heterocycles. The van der Waals surface area contributed by atoms with Gasteiger partial charge in [-0.05, 0) is 29.7 Å². The molecule has 152 valence electrons. The quantitative estimate of drug-likeness (QED) is 0.812. The summed E-state index contributed by atoms with van der Waals surface area (Å²) in [5, 5.41) is 5.87. The van der Waals surface area contributed by atoms with Gasteiger partial charge in [0.05, 0.1) is 0 Å². The van der Waals surface area contributed by atoms with Gasteiger partial charge >= 0.3 is 6.03 Å². The number of nitrogens with one attached hydrogen (secondary N) is 2. The lowest BCUT2D eigenvalue weighted by Crippen LogP contribution is -2.54. The van der Waals surface area contributed by atoms with Crippen LogP contribution in [0, 0.1) is 11.3 Å². The second-order valence-electron chi connectivity index (χ2n) is 8.28. The zero-order chi connectivity index (χ0) is 19.4. The van der Waals surface area contributed by atoms with Crippen molar-refractivity contribution in [3.8, 4) is 0 Å². The van der Waals surface area contributed by atoms with Crippen molar-refractivity contribution in [2.45, 2.75) is 19.4 Å². The Morgan fingerprint density at radius 1 is 1.25 bits per heavy atom. The highest BCUT2D eigenvalue weighted by Gasteiger charge is 2.47. The molecule has 3 fully saturated rings. The molecule has 1 unspecified atom stereocenters. The lowest BCUT2D eigenvalue weighted by atomic mass is 9.72. The van der Waals surface area contributed by atoms with Crippen molar-refractivity contribution >= 4 is 11.9 Å². The molecule has 1 spiro atoms. The van der Waals surface area contributed by atoms with Crippen molar-refractivity contribution in [3.63, 3.8) is 0 Å². The van der Waals surface area contributed by atoms with Crippen LogP contribution < -0.4 is 10.6 Å². The molecule has 0 aromatic heterocycles. The fraction of sp³-hybridized carbons (Fsp3) is 0.619. The van der Waals surface area contributed by atoms with E-state index in [1.54, 1.807) is 4.90 Å². The average molecular weight is 386 g/mol. The highest BCUT2D eigenvalue weighted by Crippen LogP contribution is 2.44. The Balaban J connectivity index is 1.38. The van der Waals surface area contributed by atoms with Crippen molar-refractivity contribution < 1.29 is 14.3 Å². The van der Waals surface area contributed by atoms with Gasteiger partial charge in [0, 0.05) is 52.5 Å². The van der Waals surface area contributed by atoms with Crippen LogP contribution in [-0.4, -0.2) is 74.2 Å². The second kappa shape index (κ2) is 8.49. The minimum atomic E-state index is -0.126. The highest BCUT2D eigenvalue weighted by atomic mass is 16.5. The number of amides is 3. The fourth-order valence-corrected chi connectivity index (χ4v) is 4.87. The van der Waals surface area contributed by atoms with E-state index in [-0.39, 0.29) is 23.9 Å². The van der Waals surface area contributed by atoms with Crippen molar-refractivity contribution in [3.05, 3.63) is 35.9 Å². The number of likely N-dealkylation sites (tertiary alicyclic amines) is 1. The molecule has 1 atom stereocenters. The molecule has 3 amide bonds. The van der Waals surface area contributed by atoms with E-state index in [2.05, 4.69) is 39.8 Å². The predicted molar refractivity (Wildman–Crippen MR) is 106 cm³/mol.